The van der Waals surface area contributed by atoms with Gasteiger partial charge in [-0.25, -0.2) is 0 Å². The smallest absolute Gasteiger partial charge is 0.108 e. The van der Waals surface area contributed by atoms with Gasteiger partial charge in [-0.2, -0.15) is 4.91 Å². The number of hydrogen-bond donors (Lipinski definition) is 0. The van der Waals surface area contributed by atoms with E-state index in [0.717, 1.165) is 14.5 Å². The summed E-state index contributed by atoms with van der Waals surface area (Å²) in [5.41, 5.74) is 0.829. The van der Waals surface area contributed by atoms with Gasteiger partial charge in [-0.1, -0.05) is 5.18 Å². The first kappa shape index (κ1) is 8.80. The second-order valence-corrected chi connectivity index (χ2v) is 3.58. The van der Waals surface area contributed by atoms with E-state index in [4.69, 9.17) is 0 Å². The maximum Gasteiger partial charge on any atom is 0.108 e. The van der Waals surface area contributed by atoms with Crippen LogP contribution in [0.15, 0.2) is 26.5 Å². The second-order valence-electron chi connectivity index (χ2n) is 1.87. The van der Waals surface area contributed by atoms with E-state index in [1.54, 1.807) is 12.4 Å². The highest BCUT2D eigenvalue weighted by molar-refractivity contribution is 9.11. The Morgan fingerprint density at radius 1 is 1.36 bits per heavy atom. The van der Waals surface area contributed by atoms with Crippen LogP contribution in [-0.2, 0) is 6.54 Å². The third kappa shape index (κ3) is 2.07. The average Bonchev–Trinajstić information content (AvgIpc) is 1.97. The van der Waals surface area contributed by atoms with Crippen molar-refractivity contribution >= 4 is 31.9 Å². The third-order valence-electron chi connectivity index (χ3n) is 1.18. The van der Waals surface area contributed by atoms with Crippen molar-refractivity contribution in [3.63, 3.8) is 0 Å². The van der Waals surface area contributed by atoms with Gasteiger partial charge in [0.05, 0.1) is 0 Å². The van der Waals surface area contributed by atoms with Crippen LogP contribution < -0.4 is 0 Å². The number of rotatable bonds is 2. The van der Waals surface area contributed by atoms with Crippen LogP contribution in [0.3, 0.4) is 0 Å². The number of nitroso groups, excluding NO2 is 1. The number of hydrogen-bond acceptors (Lipinski definition) is 3. The molecule has 0 aliphatic rings. The molecule has 1 aromatic heterocycles. The van der Waals surface area contributed by atoms with E-state index in [0.29, 0.717) is 0 Å². The van der Waals surface area contributed by atoms with Gasteiger partial charge in [0.25, 0.3) is 0 Å². The summed E-state index contributed by atoms with van der Waals surface area (Å²) in [7, 11) is 0. The Morgan fingerprint density at radius 3 is 2.36 bits per heavy atom. The molecule has 0 aliphatic carbocycles. The fourth-order valence-corrected chi connectivity index (χ4v) is 1.83. The van der Waals surface area contributed by atoms with Crippen LogP contribution in [-0.4, -0.2) is 4.98 Å². The predicted molar refractivity (Wildman–Crippen MR) is 49.1 cm³/mol. The summed E-state index contributed by atoms with van der Waals surface area (Å²) in [6, 6.07) is 0. The number of halogens is 2. The lowest BCUT2D eigenvalue weighted by molar-refractivity contribution is 1.02. The zero-order valence-corrected chi connectivity index (χ0v) is 8.59. The maximum atomic E-state index is 9.97. The Balaban J connectivity index is 3.09. The molecule has 0 amide bonds. The Bertz CT molecular complexity index is 257. The van der Waals surface area contributed by atoms with Crippen LogP contribution in [0.5, 0.6) is 0 Å². The van der Waals surface area contributed by atoms with Crippen molar-refractivity contribution in [3.8, 4) is 0 Å². The van der Waals surface area contributed by atoms with Gasteiger partial charge in [-0.3, -0.25) is 4.98 Å². The molecule has 0 atom stereocenters. The Kier molecular flexibility index (Phi) is 3.14. The summed E-state index contributed by atoms with van der Waals surface area (Å²) in [5, 5.41) is 2.79. The minimum Gasteiger partial charge on any atom is -0.262 e. The molecule has 0 aliphatic heterocycles. The molecule has 0 N–H and O–H groups in total. The van der Waals surface area contributed by atoms with E-state index < -0.39 is 0 Å². The van der Waals surface area contributed by atoms with Gasteiger partial charge >= 0.3 is 0 Å². The van der Waals surface area contributed by atoms with E-state index >= 15 is 0 Å². The Labute approximate surface area is 80.4 Å². The second kappa shape index (κ2) is 3.92. The molecule has 0 fully saturated rings. The molecule has 0 radical (unpaired) electrons. The lowest BCUT2D eigenvalue weighted by atomic mass is 10.3. The molecule has 0 spiro atoms. The highest BCUT2D eigenvalue weighted by atomic mass is 79.9. The summed E-state index contributed by atoms with van der Waals surface area (Å²) in [6.45, 7) is 0.156. The molecule has 1 heterocycles. The van der Waals surface area contributed by atoms with Gasteiger partial charge in [0.1, 0.15) is 6.54 Å². The molecule has 0 saturated heterocycles. The molecule has 11 heavy (non-hydrogen) atoms. The number of pyridine rings is 1. The Morgan fingerprint density at radius 2 is 1.91 bits per heavy atom. The van der Waals surface area contributed by atoms with Crippen LogP contribution in [0.25, 0.3) is 0 Å². The van der Waals surface area contributed by atoms with E-state index in [2.05, 4.69) is 42.0 Å². The van der Waals surface area contributed by atoms with E-state index in [-0.39, 0.29) is 6.54 Å². The first-order valence-corrected chi connectivity index (χ1v) is 4.41. The molecule has 5 heteroatoms. The van der Waals surface area contributed by atoms with Crippen molar-refractivity contribution in [1.29, 1.82) is 0 Å². The van der Waals surface area contributed by atoms with Gasteiger partial charge in [0, 0.05) is 26.9 Å². The van der Waals surface area contributed by atoms with Crippen molar-refractivity contribution in [1.82, 2.24) is 4.98 Å². The first-order valence-electron chi connectivity index (χ1n) is 2.82. The molecule has 0 bridgehead atoms. The quantitative estimate of drug-likeness (QED) is 0.781. The minimum absolute atomic E-state index is 0.156. The molecule has 0 unspecified atom stereocenters. The van der Waals surface area contributed by atoms with Crippen molar-refractivity contribution in [2.45, 2.75) is 6.54 Å². The molecular weight excluding hydrogens is 276 g/mol. The summed E-state index contributed by atoms with van der Waals surface area (Å²) in [5.74, 6) is 0. The Hall–Kier alpha value is -0.290. The molecule has 0 aromatic carbocycles. The fraction of sp³-hybridized carbons (Fsp3) is 0.167. The van der Waals surface area contributed by atoms with Gasteiger partial charge in [-0.05, 0) is 31.9 Å². The lowest BCUT2D eigenvalue weighted by Gasteiger charge is -1.99. The molecular formula is C6H4Br2N2O. The van der Waals surface area contributed by atoms with Crippen molar-refractivity contribution < 1.29 is 0 Å². The van der Waals surface area contributed by atoms with Crippen LogP contribution in [0.1, 0.15) is 5.56 Å². The monoisotopic (exact) mass is 278 g/mol. The highest BCUT2D eigenvalue weighted by Gasteiger charge is 2.03. The SMILES string of the molecule is O=NCc1c(Br)cncc1Br. The van der Waals surface area contributed by atoms with Crippen molar-refractivity contribution in [2.24, 2.45) is 5.18 Å². The maximum absolute atomic E-state index is 9.97. The molecule has 1 aromatic rings. The number of nitrogens with zero attached hydrogens (tertiary/aromatic N) is 2. The molecule has 1 rings (SSSR count). The summed E-state index contributed by atoms with van der Waals surface area (Å²) < 4.78 is 1.60. The van der Waals surface area contributed by atoms with Crippen LogP contribution in [0, 0.1) is 4.91 Å². The zero-order valence-electron chi connectivity index (χ0n) is 5.42. The molecule has 3 nitrogen and oxygen atoms in total. The van der Waals surface area contributed by atoms with E-state index in [1.807, 2.05) is 0 Å². The average molecular weight is 280 g/mol. The van der Waals surface area contributed by atoms with Gasteiger partial charge in [0.15, 0.2) is 0 Å². The van der Waals surface area contributed by atoms with Crippen molar-refractivity contribution in [3.05, 3.63) is 31.8 Å². The lowest BCUT2D eigenvalue weighted by Crippen LogP contribution is -1.86. The molecule has 0 saturated carbocycles. The highest BCUT2D eigenvalue weighted by Crippen LogP contribution is 2.24. The van der Waals surface area contributed by atoms with Crippen molar-refractivity contribution in [2.75, 3.05) is 0 Å². The fourth-order valence-electron chi connectivity index (χ4n) is 0.654. The largest absolute Gasteiger partial charge is 0.262 e. The summed E-state index contributed by atoms with van der Waals surface area (Å²) in [4.78, 5) is 13.9. The van der Waals surface area contributed by atoms with Gasteiger partial charge in [-0.15, -0.1) is 0 Å². The topological polar surface area (TPSA) is 42.3 Å². The molecule has 58 valence electrons. The van der Waals surface area contributed by atoms with Gasteiger partial charge in [0.2, 0.25) is 0 Å². The van der Waals surface area contributed by atoms with E-state index in [9.17, 15) is 4.91 Å². The normalized spacial score (nSPS) is 9.64. The first-order chi connectivity index (χ1) is 5.25. The summed E-state index contributed by atoms with van der Waals surface area (Å²) in [6.07, 6.45) is 3.26. The number of aromatic nitrogens is 1. The predicted octanol–water partition coefficient (Wildman–Crippen LogP) is 2.87. The van der Waals surface area contributed by atoms with Crippen LogP contribution >= 0.6 is 31.9 Å². The summed E-state index contributed by atoms with van der Waals surface area (Å²) >= 11 is 6.51. The standard InChI is InChI=1S/C6H4Br2N2O/c7-5-2-9-3-6(8)4(5)1-10-11/h2-3H,1H2. The zero-order chi connectivity index (χ0) is 8.27. The van der Waals surface area contributed by atoms with E-state index in [1.165, 1.54) is 0 Å². The third-order valence-corrected chi connectivity index (χ3v) is 2.54. The van der Waals surface area contributed by atoms with Gasteiger partial charge < -0.3 is 0 Å². The van der Waals surface area contributed by atoms with Crippen LogP contribution in [0.4, 0.5) is 0 Å². The van der Waals surface area contributed by atoms with Crippen LogP contribution in [0.2, 0.25) is 0 Å². The minimum atomic E-state index is 0.156.